The summed E-state index contributed by atoms with van der Waals surface area (Å²) in [5.74, 6) is -1.40. The predicted molar refractivity (Wildman–Crippen MR) is 112 cm³/mol. The van der Waals surface area contributed by atoms with Gasteiger partial charge >= 0.3 is 5.97 Å². The van der Waals surface area contributed by atoms with E-state index in [0.717, 1.165) is 6.42 Å². The van der Waals surface area contributed by atoms with Crippen LogP contribution in [0.2, 0.25) is 0 Å². The van der Waals surface area contributed by atoms with Crippen molar-refractivity contribution in [2.45, 2.75) is 26.3 Å². The maximum Gasteiger partial charge on any atom is 0.310 e. The van der Waals surface area contributed by atoms with E-state index in [4.69, 9.17) is 4.74 Å². The molecule has 0 radical (unpaired) electrons. The average molecular weight is 420 g/mol. The molecular formula is C24H24N2O5. The van der Waals surface area contributed by atoms with E-state index in [1.165, 1.54) is 4.90 Å². The van der Waals surface area contributed by atoms with Gasteiger partial charge in [0.15, 0.2) is 0 Å². The summed E-state index contributed by atoms with van der Waals surface area (Å²) in [5, 5.41) is 0. The molecule has 1 fully saturated rings. The first-order chi connectivity index (χ1) is 15.0. The lowest BCUT2D eigenvalue weighted by Gasteiger charge is -2.31. The van der Waals surface area contributed by atoms with Crippen LogP contribution < -0.4 is 0 Å². The van der Waals surface area contributed by atoms with E-state index in [9.17, 15) is 19.2 Å². The Morgan fingerprint density at radius 3 is 2.42 bits per heavy atom. The summed E-state index contributed by atoms with van der Waals surface area (Å²) >= 11 is 0. The van der Waals surface area contributed by atoms with Gasteiger partial charge in [0.05, 0.1) is 30.2 Å². The molecule has 2 aromatic rings. The number of imide groups is 1. The van der Waals surface area contributed by atoms with Crippen LogP contribution in [0.4, 0.5) is 0 Å². The summed E-state index contributed by atoms with van der Waals surface area (Å²) in [4.78, 5) is 53.2. The number of benzene rings is 2. The fourth-order valence-electron chi connectivity index (χ4n) is 4.16. The van der Waals surface area contributed by atoms with Crippen molar-refractivity contribution in [2.24, 2.45) is 5.92 Å². The molecule has 0 N–H and O–H groups in total. The van der Waals surface area contributed by atoms with E-state index in [1.807, 2.05) is 0 Å². The predicted octanol–water partition coefficient (Wildman–Crippen LogP) is 2.90. The number of fused-ring (bicyclic) bond motifs is 1. The molecule has 0 spiro atoms. The van der Waals surface area contributed by atoms with Crippen LogP contribution in [0.3, 0.4) is 0 Å². The van der Waals surface area contributed by atoms with Gasteiger partial charge in [-0.15, -0.1) is 0 Å². The number of likely N-dealkylation sites (tertiary alicyclic amines) is 1. The van der Waals surface area contributed by atoms with Gasteiger partial charge in [-0.2, -0.15) is 0 Å². The second-order valence-corrected chi connectivity index (χ2v) is 7.78. The molecule has 0 bridgehead atoms. The highest BCUT2D eigenvalue weighted by molar-refractivity contribution is 6.21. The minimum Gasteiger partial charge on any atom is -0.466 e. The molecule has 2 aliphatic heterocycles. The third kappa shape index (κ3) is 4.08. The Balaban J connectivity index is 1.47. The standard InChI is InChI=1S/C24H24N2O5/c1-2-31-24(30)18-9-6-12-25(15-18)21(27)17-8-5-7-16(13-17)14-26-22(28)19-10-3-4-11-20(19)23(26)29/h3-5,7-8,10-11,13,18H,2,6,9,12,14-15H2,1H3/t18-/m0/s1. The number of hydrogen-bond donors (Lipinski definition) is 0. The largest absolute Gasteiger partial charge is 0.466 e. The molecule has 0 saturated carbocycles. The van der Waals surface area contributed by atoms with Crippen molar-refractivity contribution in [3.8, 4) is 0 Å². The molecule has 3 amide bonds. The second kappa shape index (κ2) is 8.71. The van der Waals surface area contributed by atoms with Crippen molar-refractivity contribution in [1.29, 1.82) is 0 Å². The van der Waals surface area contributed by atoms with Crippen molar-refractivity contribution >= 4 is 23.7 Å². The molecule has 0 aromatic heterocycles. The Hall–Kier alpha value is -3.48. The zero-order valence-electron chi connectivity index (χ0n) is 17.4. The van der Waals surface area contributed by atoms with Gasteiger partial charge in [-0.3, -0.25) is 24.1 Å². The maximum absolute atomic E-state index is 13.0. The molecule has 31 heavy (non-hydrogen) atoms. The van der Waals surface area contributed by atoms with Gasteiger partial charge in [0.2, 0.25) is 0 Å². The Labute approximate surface area is 180 Å². The number of hydrogen-bond acceptors (Lipinski definition) is 5. The van der Waals surface area contributed by atoms with Crippen LogP contribution in [-0.2, 0) is 16.1 Å². The molecule has 2 heterocycles. The Morgan fingerprint density at radius 2 is 1.74 bits per heavy atom. The van der Waals surface area contributed by atoms with Crippen molar-refractivity contribution in [2.75, 3.05) is 19.7 Å². The van der Waals surface area contributed by atoms with Gasteiger partial charge in [-0.05, 0) is 49.6 Å². The highest BCUT2D eigenvalue weighted by Crippen LogP contribution is 2.25. The van der Waals surface area contributed by atoms with Crippen LogP contribution in [0.5, 0.6) is 0 Å². The highest BCUT2D eigenvalue weighted by atomic mass is 16.5. The topological polar surface area (TPSA) is 84.0 Å². The van der Waals surface area contributed by atoms with Crippen LogP contribution in [0.1, 0.15) is 56.4 Å². The zero-order valence-corrected chi connectivity index (χ0v) is 17.4. The summed E-state index contributed by atoms with van der Waals surface area (Å²) in [6.07, 6.45) is 1.45. The fourth-order valence-corrected chi connectivity index (χ4v) is 4.16. The maximum atomic E-state index is 13.0. The fraction of sp³-hybridized carbons (Fsp3) is 0.333. The minimum atomic E-state index is -0.328. The van der Waals surface area contributed by atoms with Gasteiger partial charge in [0.25, 0.3) is 17.7 Å². The first-order valence-corrected chi connectivity index (χ1v) is 10.5. The third-order valence-corrected chi connectivity index (χ3v) is 5.72. The van der Waals surface area contributed by atoms with E-state index < -0.39 is 0 Å². The number of piperidine rings is 1. The van der Waals surface area contributed by atoms with Crippen molar-refractivity contribution in [1.82, 2.24) is 9.80 Å². The molecule has 1 saturated heterocycles. The molecule has 4 rings (SSSR count). The van der Waals surface area contributed by atoms with E-state index in [-0.39, 0.29) is 36.2 Å². The number of rotatable bonds is 5. The molecule has 0 unspecified atom stereocenters. The van der Waals surface area contributed by atoms with Gasteiger partial charge in [-0.25, -0.2) is 0 Å². The van der Waals surface area contributed by atoms with Gasteiger partial charge in [0.1, 0.15) is 0 Å². The summed E-state index contributed by atoms with van der Waals surface area (Å²) in [6.45, 7) is 3.10. The number of carbonyl (C=O) groups excluding carboxylic acids is 4. The van der Waals surface area contributed by atoms with E-state index in [2.05, 4.69) is 0 Å². The van der Waals surface area contributed by atoms with E-state index in [1.54, 1.807) is 60.4 Å². The van der Waals surface area contributed by atoms with Crippen molar-refractivity contribution < 1.29 is 23.9 Å². The minimum absolute atomic E-state index is 0.0961. The number of ether oxygens (including phenoxy) is 1. The highest BCUT2D eigenvalue weighted by Gasteiger charge is 2.35. The van der Waals surface area contributed by atoms with Crippen molar-refractivity contribution in [3.63, 3.8) is 0 Å². The smallest absolute Gasteiger partial charge is 0.310 e. The van der Waals surface area contributed by atoms with Crippen LogP contribution in [0.25, 0.3) is 0 Å². The van der Waals surface area contributed by atoms with Crippen LogP contribution in [0.15, 0.2) is 48.5 Å². The number of esters is 1. The molecular weight excluding hydrogens is 396 g/mol. The SMILES string of the molecule is CCOC(=O)[C@H]1CCCN(C(=O)c2cccc(CN3C(=O)c4ccccc4C3=O)c2)C1. The number of carbonyl (C=O) groups is 4. The lowest BCUT2D eigenvalue weighted by Crippen LogP contribution is -2.42. The Bertz CT molecular complexity index is 1010. The van der Waals surface area contributed by atoms with Crippen LogP contribution in [0, 0.1) is 5.92 Å². The summed E-state index contributed by atoms with van der Waals surface area (Å²) in [7, 11) is 0. The number of amides is 3. The molecule has 7 heteroatoms. The monoisotopic (exact) mass is 420 g/mol. The van der Waals surface area contributed by atoms with Crippen LogP contribution >= 0.6 is 0 Å². The van der Waals surface area contributed by atoms with Gasteiger partial charge < -0.3 is 9.64 Å². The molecule has 1 atom stereocenters. The number of nitrogens with zero attached hydrogens (tertiary/aromatic N) is 2. The summed E-state index contributed by atoms with van der Waals surface area (Å²) in [5.41, 5.74) is 1.97. The molecule has 160 valence electrons. The second-order valence-electron chi connectivity index (χ2n) is 7.78. The van der Waals surface area contributed by atoms with Gasteiger partial charge in [-0.1, -0.05) is 24.3 Å². The Kier molecular flexibility index (Phi) is 5.84. The van der Waals surface area contributed by atoms with E-state index >= 15 is 0 Å². The summed E-state index contributed by atoms with van der Waals surface area (Å²) < 4.78 is 5.11. The van der Waals surface area contributed by atoms with Crippen molar-refractivity contribution in [3.05, 3.63) is 70.8 Å². The lowest BCUT2D eigenvalue weighted by molar-refractivity contribution is -0.149. The van der Waals surface area contributed by atoms with Crippen LogP contribution in [-0.4, -0.2) is 53.2 Å². The third-order valence-electron chi connectivity index (χ3n) is 5.72. The molecule has 0 aliphatic carbocycles. The van der Waals surface area contributed by atoms with Gasteiger partial charge in [0, 0.05) is 18.7 Å². The molecule has 7 nitrogen and oxygen atoms in total. The lowest BCUT2D eigenvalue weighted by atomic mass is 9.97. The quantitative estimate of drug-likeness (QED) is 0.549. The zero-order chi connectivity index (χ0) is 22.0. The summed E-state index contributed by atoms with van der Waals surface area (Å²) in [6, 6.07) is 13.7. The molecule has 2 aliphatic rings. The first kappa shape index (κ1) is 20.8. The average Bonchev–Trinajstić information content (AvgIpc) is 3.04. The Morgan fingerprint density at radius 1 is 1.03 bits per heavy atom. The normalized spacial score (nSPS) is 18.2. The molecule has 2 aromatic carbocycles. The van der Waals surface area contributed by atoms with E-state index in [0.29, 0.717) is 48.4 Å². The first-order valence-electron chi connectivity index (χ1n) is 10.5.